The van der Waals surface area contributed by atoms with Crippen LogP contribution in [0.2, 0.25) is 0 Å². The van der Waals surface area contributed by atoms with E-state index in [1.54, 1.807) is 6.92 Å². The number of nitrogens with two attached hydrogens (primary N) is 1. The molecule has 78 valence electrons. The first-order valence-corrected chi connectivity index (χ1v) is 4.98. The smallest absolute Gasteiger partial charge is 0.366 e. The molecule has 1 amide bonds. The van der Waals surface area contributed by atoms with Crippen LogP contribution in [0.1, 0.15) is 13.3 Å². The van der Waals surface area contributed by atoms with Gasteiger partial charge in [-0.1, -0.05) is 13.5 Å². The molecule has 0 saturated carbocycles. The van der Waals surface area contributed by atoms with Crippen molar-refractivity contribution in [1.29, 1.82) is 0 Å². The maximum absolute atomic E-state index is 9.86. The monoisotopic (exact) mass is 211 g/mol. The van der Waals surface area contributed by atoms with E-state index >= 15 is 0 Å². The molecule has 6 nitrogen and oxygen atoms in total. The van der Waals surface area contributed by atoms with Gasteiger partial charge in [0.15, 0.2) is 0 Å². The Balaban J connectivity index is 0. The minimum Gasteiger partial charge on any atom is -0.366 e. The summed E-state index contributed by atoms with van der Waals surface area (Å²) in [6.07, 6.45) is 1.67. The summed E-state index contributed by atoms with van der Waals surface area (Å²) < 4.78 is 13.9. The molecule has 0 aliphatic rings. The number of rotatable bonds is 4. The van der Waals surface area contributed by atoms with Gasteiger partial charge < -0.3 is 15.5 Å². The fourth-order valence-electron chi connectivity index (χ4n) is 0.210. The van der Waals surface area contributed by atoms with Gasteiger partial charge in [0, 0.05) is 0 Å². The van der Waals surface area contributed by atoms with Gasteiger partial charge in [0.2, 0.25) is 5.91 Å². The van der Waals surface area contributed by atoms with Gasteiger partial charge in [-0.15, -0.1) is 0 Å². The summed E-state index contributed by atoms with van der Waals surface area (Å²) in [6, 6.07) is 0. The molecular weight excluding hydrogens is 197 g/mol. The molecule has 7 heteroatoms. The summed E-state index contributed by atoms with van der Waals surface area (Å²) in [5.74, 6) is -0.481. The first-order valence-electron chi connectivity index (χ1n) is 3.45. The molecule has 0 heterocycles. The van der Waals surface area contributed by atoms with Crippen molar-refractivity contribution in [3.8, 4) is 0 Å². The van der Waals surface area contributed by atoms with Crippen LogP contribution in [0.4, 0.5) is 0 Å². The Bertz CT molecular complexity index is 199. The summed E-state index contributed by atoms with van der Waals surface area (Å²) in [5, 5.41) is 0. The fourth-order valence-corrected chi connectivity index (χ4v) is 0.631. The van der Waals surface area contributed by atoms with Crippen molar-refractivity contribution < 1.29 is 23.7 Å². The van der Waals surface area contributed by atoms with E-state index in [0.717, 1.165) is 6.08 Å². The predicted molar refractivity (Wildman–Crippen MR) is 47.7 cm³/mol. The molecular formula is C6H14NO5P. The Morgan fingerprint density at radius 1 is 1.69 bits per heavy atom. The molecule has 0 aromatic carbocycles. The molecule has 0 fully saturated rings. The van der Waals surface area contributed by atoms with Crippen molar-refractivity contribution in [1.82, 2.24) is 0 Å². The minimum atomic E-state index is -4.18. The lowest BCUT2D eigenvalue weighted by Crippen LogP contribution is -2.04. The van der Waals surface area contributed by atoms with Gasteiger partial charge in [-0.25, -0.2) is 4.57 Å². The topological polar surface area (TPSA) is 110 Å². The summed E-state index contributed by atoms with van der Waals surface area (Å²) >= 11 is 0. The van der Waals surface area contributed by atoms with Crippen LogP contribution in [0, 0.1) is 0 Å². The van der Waals surface area contributed by atoms with Gasteiger partial charge in [0.1, 0.15) is 0 Å². The average Bonchev–Trinajstić information content (AvgIpc) is 2.00. The van der Waals surface area contributed by atoms with E-state index in [0.29, 0.717) is 6.42 Å². The van der Waals surface area contributed by atoms with E-state index in [1.807, 2.05) is 0 Å². The molecule has 0 aliphatic heterocycles. The molecule has 0 rings (SSSR count). The van der Waals surface area contributed by atoms with Crippen LogP contribution in [0.15, 0.2) is 12.7 Å². The zero-order valence-corrected chi connectivity index (χ0v) is 8.24. The van der Waals surface area contributed by atoms with Crippen LogP contribution in [0.3, 0.4) is 0 Å². The number of carbonyl (C=O) groups excluding carboxylic acids is 1. The number of phosphoric acid groups is 1. The number of primary amides is 1. The molecule has 0 atom stereocenters. The van der Waals surface area contributed by atoms with Gasteiger partial charge in [0.05, 0.1) is 6.61 Å². The Morgan fingerprint density at radius 2 is 2.08 bits per heavy atom. The predicted octanol–water partition coefficient (Wildman–Crippen LogP) is 0.163. The second-order valence-corrected chi connectivity index (χ2v) is 3.17. The van der Waals surface area contributed by atoms with Gasteiger partial charge in [-0.05, 0) is 12.5 Å². The average molecular weight is 211 g/mol. The van der Waals surface area contributed by atoms with Crippen LogP contribution in [0.25, 0.3) is 0 Å². The van der Waals surface area contributed by atoms with Gasteiger partial charge in [-0.2, -0.15) is 0 Å². The van der Waals surface area contributed by atoms with Crippen LogP contribution in [0.5, 0.6) is 0 Å². The summed E-state index contributed by atoms with van der Waals surface area (Å²) in [5.41, 5.74) is 4.53. The number of phosphoric ester groups is 1. The highest BCUT2D eigenvalue weighted by Gasteiger charge is 2.11. The SMILES string of the molecule is C=CC(N)=O.CCCOP(=O)(O)O. The Morgan fingerprint density at radius 3 is 2.15 bits per heavy atom. The van der Waals surface area contributed by atoms with E-state index in [2.05, 4.69) is 16.8 Å². The largest absolute Gasteiger partial charge is 0.469 e. The second-order valence-electron chi connectivity index (χ2n) is 1.93. The molecule has 0 spiro atoms. The van der Waals surface area contributed by atoms with Crippen LogP contribution in [-0.4, -0.2) is 22.3 Å². The molecule has 0 aliphatic carbocycles. The molecule has 0 aromatic heterocycles. The first kappa shape index (κ1) is 14.8. The zero-order valence-electron chi connectivity index (χ0n) is 7.34. The highest BCUT2D eigenvalue weighted by Crippen LogP contribution is 2.35. The number of carbonyl (C=O) groups is 1. The van der Waals surface area contributed by atoms with Gasteiger partial charge in [-0.3, -0.25) is 9.32 Å². The van der Waals surface area contributed by atoms with E-state index < -0.39 is 13.7 Å². The fraction of sp³-hybridized carbons (Fsp3) is 0.500. The van der Waals surface area contributed by atoms with E-state index in [1.165, 1.54) is 0 Å². The third kappa shape index (κ3) is 24.6. The lowest BCUT2D eigenvalue weighted by molar-refractivity contribution is -0.113. The summed E-state index contributed by atoms with van der Waals surface area (Å²) in [7, 11) is -4.18. The van der Waals surface area contributed by atoms with Gasteiger partial charge >= 0.3 is 7.82 Å². The zero-order chi connectivity index (χ0) is 10.9. The number of amides is 1. The third-order valence-corrected chi connectivity index (χ3v) is 1.18. The van der Waals surface area contributed by atoms with Crippen molar-refractivity contribution in [2.24, 2.45) is 5.73 Å². The third-order valence-electron chi connectivity index (χ3n) is 0.665. The van der Waals surface area contributed by atoms with Crippen LogP contribution in [-0.2, 0) is 13.9 Å². The normalized spacial score (nSPS) is 9.77. The van der Waals surface area contributed by atoms with Crippen molar-refractivity contribution in [2.45, 2.75) is 13.3 Å². The van der Waals surface area contributed by atoms with Gasteiger partial charge in [0.25, 0.3) is 0 Å². The van der Waals surface area contributed by atoms with Crippen molar-refractivity contribution in [3.05, 3.63) is 12.7 Å². The maximum Gasteiger partial charge on any atom is 0.469 e. The molecule has 0 saturated heterocycles. The van der Waals surface area contributed by atoms with Crippen LogP contribution >= 0.6 is 7.82 Å². The van der Waals surface area contributed by atoms with Crippen LogP contribution < -0.4 is 5.73 Å². The Kier molecular flexibility index (Phi) is 9.06. The molecule has 13 heavy (non-hydrogen) atoms. The van der Waals surface area contributed by atoms with Crippen molar-refractivity contribution in [3.63, 3.8) is 0 Å². The molecule has 0 radical (unpaired) electrons. The second kappa shape index (κ2) is 7.94. The lowest BCUT2D eigenvalue weighted by Gasteiger charge is -2.00. The van der Waals surface area contributed by atoms with Crippen molar-refractivity contribution >= 4 is 13.7 Å². The van der Waals surface area contributed by atoms with E-state index in [9.17, 15) is 9.36 Å². The quantitative estimate of drug-likeness (QED) is 0.453. The number of hydrogen-bond acceptors (Lipinski definition) is 3. The van der Waals surface area contributed by atoms with E-state index in [-0.39, 0.29) is 6.61 Å². The summed E-state index contributed by atoms with van der Waals surface area (Å²) in [6.45, 7) is 4.97. The highest BCUT2D eigenvalue weighted by atomic mass is 31.2. The lowest BCUT2D eigenvalue weighted by atomic mass is 10.5. The highest BCUT2D eigenvalue weighted by molar-refractivity contribution is 7.46. The Labute approximate surface area is 76.6 Å². The first-order chi connectivity index (χ1) is 5.83. The minimum absolute atomic E-state index is 0.115. The molecule has 0 unspecified atom stereocenters. The summed E-state index contributed by atoms with van der Waals surface area (Å²) in [4.78, 5) is 25.5. The molecule has 0 bridgehead atoms. The molecule has 0 aromatic rings. The maximum atomic E-state index is 9.86. The standard InChI is InChI=1S/C3H5NO.C3H9O4P/c1-2-3(4)5;1-2-3-7-8(4,5)6/h2H,1H2,(H2,4,5);2-3H2,1H3,(H2,4,5,6). The van der Waals surface area contributed by atoms with E-state index in [4.69, 9.17) is 9.79 Å². The number of hydrogen-bond donors (Lipinski definition) is 3. The van der Waals surface area contributed by atoms with Crippen molar-refractivity contribution in [2.75, 3.05) is 6.61 Å². The molecule has 4 N–H and O–H groups in total. The Hall–Kier alpha value is -0.680.